The van der Waals surface area contributed by atoms with Gasteiger partial charge in [0.05, 0.1) is 5.56 Å². The lowest BCUT2D eigenvalue weighted by molar-refractivity contribution is 0.200. The van der Waals surface area contributed by atoms with Crippen molar-refractivity contribution in [3.8, 4) is 11.1 Å². The Kier molecular flexibility index (Phi) is 4.12. The van der Waals surface area contributed by atoms with E-state index >= 15 is 0 Å². The Labute approximate surface area is 130 Å². The molecule has 0 bridgehead atoms. The quantitative estimate of drug-likeness (QED) is 0.947. The predicted octanol–water partition coefficient (Wildman–Crippen LogP) is 2.92. The second-order valence-electron chi connectivity index (χ2n) is 5.54. The minimum absolute atomic E-state index is 0.565. The van der Waals surface area contributed by atoms with E-state index in [2.05, 4.69) is 40.2 Å². The van der Waals surface area contributed by atoms with Crippen molar-refractivity contribution in [3.05, 3.63) is 30.3 Å². The van der Waals surface area contributed by atoms with Crippen molar-refractivity contribution >= 4 is 22.4 Å². The molecule has 1 atom stereocenters. The Morgan fingerprint density at radius 1 is 1.29 bits per heavy atom. The Hall–Kier alpha value is -1.59. The van der Waals surface area contributed by atoms with Crippen LogP contribution >= 0.6 is 11.5 Å². The van der Waals surface area contributed by atoms with Crippen LogP contribution < -0.4 is 10.6 Å². The van der Waals surface area contributed by atoms with Crippen molar-refractivity contribution in [2.45, 2.75) is 19.9 Å². The summed E-state index contributed by atoms with van der Waals surface area (Å²) in [6, 6.07) is 10.9. The third-order valence-electron chi connectivity index (χ3n) is 4.22. The third kappa shape index (κ3) is 2.76. The van der Waals surface area contributed by atoms with E-state index < -0.39 is 0 Å². The van der Waals surface area contributed by atoms with Gasteiger partial charge in [-0.1, -0.05) is 37.3 Å². The van der Waals surface area contributed by atoms with Crippen LogP contribution in [0.1, 0.15) is 13.8 Å². The second kappa shape index (κ2) is 6.03. The summed E-state index contributed by atoms with van der Waals surface area (Å²) in [6.07, 6.45) is 0. The van der Waals surface area contributed by atoms with Crippen LogP contribution in [0, 0.1) is 0 Å². The van der Waals surface area contributed by atoms with Gasteiger partial charge < -0.3 is 10.6 Å². The fraction of sp³-hybridized carbons (Fsp3) is 0.438. The van der Waals surface area contributed by atoms with Gasteiger partial charge in [-0.15, -0.1) is 0 Å². The van der Waals surface area contributed by atoms with E-state index in [1.54, 1.807) is 0 Å². The average molecular weight is 302 g/mol. The van der Waals surface area contributed by atoms with Crippen molar-refractivity contribution in [1.82, 2.24) is 9.27 Å². The van der Waals surface area contributed by atoms with E-state index in [0.29, 0.717) is 11.9 Å². The van der Waals surface area contributed by atoms with Crippen molar-refractivity contribution in [2.75, 3.05) is 36.8 Å². The summed E-state index contributed by atoms with van der Waals surface area (Å²) in [5.74, 6) is 0.645. The molecule has 1 aromatic carbocycles. The molecular weight excluding hydrogens is 280 g/mol. The number of aromatic nitrogens is 1. The molecule has 1 aliphatic heterocycles. The van der Waals surface area contributed by atoms with Gasteiger partial charge in [0.2, 0.25) is 0 Å². The first-order valence-electron chi connectivity index (χ1n) is 7.50. The molecule has 1 aromatic heterocycles. The summed E-state index contributed by atoms with van der Waals surface area (Å²) in [7, 11) is 0. The van der Waals surface area contributed by atoms with Gasteiger partial charge in [-0.2, -0.15) is 4.37 Å². The van der Waals surface area contributed by atoms with Crippen LogP contribution in [0.5, 0.6) is 0 Å². The van der Waals surface area contributed by atoms with E-state index in [-0.39, 0.29) is 0 Å². The molecule has 1 unspecified atom stereocenters. The zero-order valence-electron chi connectivity index (χ0n) is 12.6. The number of anilines is 2. The third-order valence-corrected chi connectivity index (χ3v) is 5.14. The van der Waals surface area contributed by atoms with Crippen LogP contribution in [-0.4, -0.2) is 41.5 Å². The number of benzene rings is 1. The molecule has 3 rings (SSSR count). The first kappa shape index (κ1) is 14.4. The Balaban J connectivity index is 1.91. The summed E-state index contributed by atoms with van der Waals surface area (Å²) >= 11 is 1.52. The SMILES string of the molecule is CCN1CCN(c2snc(N)c2-c2ccccc2)CC1C. The second-order valence-corrected chi connectivity index (χ2v) is 6.29. The Morgan fingerprint density at radius 3 is 2.71 bits per heavy atom. The van der Waals surface area contributed by atoms with Crippen LogP contribution in [0.15, 0.2) is 30.3 Å². The maximum atomic E-state index is 6.13. The van der Waals surface area contributed by atoms with Crippen LogP contribution in [-0.2, 0) is 0 Å². The fourth-order valence-corrected chi connectivity index (χ4v) is 3.91. The van der Waals surface area contributed by atoms with Gasteiger partial charge in [0.15, 0.2) is 0 Å². The molecule has 21 heavy (non-hydrogen) atoms. The molecule has 1 aliphatic rings. The average Bonchev–Trinajstić information content (AvgIpc) is 2.90. The highest BCUT2D eigenvalue weighted by Gasteiger charge is 2.26. The van der Waals surface area contributed by atoms with E-state index in [0.717, 1.165) is 37.3 Å². The number of rotatable bonds is 3. The number of nitrogens with two attached hydrogens (primary N) is 1. The zero-order valence-corrected chi connectivity index (χ0v) is 13.4. The standard InChI is InChI=1S/C16H22N4S/c1-3-19-9-10-20(11-12(19)2)16-14(15(17)18-21-16)13-7-5-4-6-8-13/h4-8,12H,3,9-11H2,1-2H3,(H2,17,18). The highest BCUT2D eigenvalue weighted by atomic mass is 32.1. The molecule has 2 heterocycles. The van der Waals surface area contributed by atoms with Crippen LogP contribution in [0.4, 0.5) is 10.8 Å². The number of hydrogen-bond donors (Lipinski definition) is 1. The van der Waals surface area contributed by atoms with Crippen LogP contribution in [0.25, 0.3) is 11.1 Å². The van der Waals surface area contributed by atoms with Gasteiger partial charge in [-0.05, 0) is 30.6 Å². The van der Waals surface area contributed by atoms with Gasteiger partial charge >= 0.3 is 0 Å². The van der Waals surface area contributed by atoms with Crippen molar-refractivity contribution in [3.63, 3.8) is 0 Å². The molecule has 0 saturated carbocycles. The summed E-state index contributed by atoms with van der Waals surface area (Å²) < 4.78 is 4.40. The van der Waals surface area contributed by atoms with E-state index in [4.69, 9.17) is 5.73 Å². The highest BCUT2D eigenvalue weighted by Crippen LogP contribution is 2.39. The number of likely N-dealkylation sites (N-methyl/N-ethyl adjacent to an activating group) is 1. The molecule has 1 fully saturated rings. The molecule has 0 aliphatic carbocycles. The Bertz CT molecular complexity index is 596. The molecule has 112 valence electrons. The van der Waals surface area contributed by atoms with Gasteiger partial charge in [-0.3, -0.25) is 4.90 Å². The number of nitrogens with zero attached hydrogens (tertiary/aromatic N) is 3. The lowest BCUT2D eigenvalue weighted by atomic mass is 10.1. The van der Waals surface area contributed by atoms with Crippen LogP contribution in [0.2, 0.25) is 0 Å². The summed E-state index contributed by atoms with van der Waals surface area (Å²) in [5, 5.41) is 1.21. The molecule has 2 aromatic rings. The van der Waals surface area contributed by atoms with E-state index in [1.165, 1.54) is 16.5 Å². The lowest BCUT2D eigenvalue weighted by Gasteiger charge is -2.40. The minimum atomic E-state index is 0.565. The molecule has 1 saturated heterocycles. The topological polar surface area (TPSA) is 45.4 Å². The molecule has 0 spiro atoms. The highest BCUT2D eigenvalue weighted by molar-refractivity contribution is 7.11. The summed E-state index contributed by atoms with van der Waals surface area (Å²) in [5.41, 5.74) is 8.38. The van der Waals surface area contributed by atoms with Gasteiger partial charge in [0, 0.05) is 25.7 Å². The van der Waals surface area contributed by atoms with E-state index in [9.17, 15) is 0 Å². The maximum absolute atomic E-state index is 6.13. The Morgan fingerprint density at radius 2 is 2.05 bits per heavy atom. The monoisotopic (exact) mass is 302 g/mol. The first-order chi connectivity index (χ1) is 10.2. The molecule has 4 nitrogen and oxygen atoms in total. The molecule has 0 radical (unpaired) electrons. The predicted molar refractivity (Wildman–Crippen MR) is 90.9 cm³/mol. The summed E-state index contributed by atoms with van der Waals surface area (Å²) in [4.78, 5) is 4.95. The molecule has 0 amide bonds. The smallest absolute Gasteiger partial charge is 0.147 e. The molecule has 5 heteroatoms. The van der Waals surface area contributed by atoms with Gasteiger partial charge in [-0.25, -0.2) is 0 Å². The first-order valence-corrected chi connectivity index (χ1v) is 8.27. The molecule has 2 N–H and O–H groups in total. The number of hydrogen-bond acceptors (Lipinski definition) is 5. The number of nitrogen functional groups attached to an aromatic ring is 1. The van der Waals surface area contributed by atoms with Crippen molar-refractivity contribution in [2.24, 2.45) is 0 Å². The fourth-order valence-electron chi connectivity index (χ4n) is 3.03. The number of piperazine rings is 1. The van der Waals surface area contributed by atoms with Gasteiger partial charge in [0.25, 0.3) is 0 Å². The van der Waals surface area contributed by atoms with Crippen molar-refractivity contribution < 1.29 is 0 Å². The maximum Gasteiger partial charge on any atom is 0.147 e. The largest absolute Gasteiger partial charge is 0.382 e. The zero-order chi connectivity index (χ0) is 14.8. The van der Waals surface area contributed by atoms with Crippen molar-refractivity contribution in [1.29, 1.82) is 0 Å². The minimum Gasteiger partial charge on any atom is -0.382 e. The normalized spacial score (nSPS) is 19.9. The lowest BCUT2D eigenvalue weighted by Crippen LogP contribution is -2.51. The van der Waals surface area contributed by atoms with Gasteiger partial charge in [0.1, 0.15) is 10.8 Å². The molecular formula is C16H22N4S. The summed E-state index contributed by atoms with van der Waals surface area (Å²) in [6.45, 7) is 8.82. The van der Waals surface area contributed by atoms with Crippen LogP contribution in [0.3, 0.4) is 0 Å². The van der Waals surface area contributed by atoms with E-state index in [1.807, 2.05) is 18.2 Å².